The highest BCUT2D eigenvalue weighted by molar-refractivity contribution is 5.80. The maximum atomic E-state index is 12.6. The zero-order valence-corrected chi connectivity index (χ0v) is 16.4. The number of amides is 1. The van der Waals surface area contributed by atoms with Crippen LogP contribution >= 0.6 is 0 Å². The number of nitrogens with one attached hydrogen (secondary N) is 1. The van der Waals surface area contributed by atoms with Gasteiger partial charge in [0.05, 0.1) is 13.1 Å². The summed E-state index contributed by atoms with van der Waals surface area (Å²) < 4.78 is 4.87. The Kier molecular flexibility index (Phi) is 7.50. The van der Waals surface area contributed by atoms with E-state index in [-0.39, 0.29) is 5.91 Å². The molecule has 2 aliphatic rings. The molecule has 1 amide bonds. The van der Waals surface area contributed by atoms with Crippen molar-refractivity contribution in [1.82, 2.24) is 25.2 Å². The van der Waals surface area contributed by atoms with Crippen LogP contribution in [0, 0.1) is 0 Å². The predicted octanol–water partition coefficient (Wildman–Crippen LogP) is 1.16. The number of nitrogens with zero attached hydrogens (tertiary/aromatic N) is 5. The highest BCUT2D eigenvalue weighted by atomic mass is 16.5. The first-order valence-corrected chi connectivity index (χ1v) is 10.2. The third kappa shape index (κ3) is 5.95. The van der Waals surface area contributed by atoms with E-state index >= 15 is 0 Å². The first-order valence-electron chi connectivity index (χ1n) is 10.2. The Balaban J connectivity index is 1.47. The minimum absolute atomic E-state index is 0.289. The Bertz CT molecular complexity index is 587. The molecule has 27 heavy (non-hydrogen) atoms. The monoisotopic (exact) mass is 376 g/mol. The van der Waals surface area contributed by atoms with Crippen LogP contribution in [0.5, 0.6) is 0 Å². The largest absolute Gasteiger partial charge is 0.364 e. The fourth-order valence-electron chi connectivity index (χ4n) is 3.63. The van der Waals surface area contributed by atoms with Crippen LogP contribution in [0.1, 0.15) is 38.3 Å². The number of piperazine rings is 1. The number of hydrogen-bond acceptors (Lipinski definition) is 5. The average molecular weight is 377 g/mol. The minimum atomic E-state index is 0.289. The van der Waals surface area contributed by atoms with Crippen molar-refractivity contribution < 1.29 is 9.32 Å². The number of carbonyl (C=O) groups excluding carboxylic acids is 1. The number of aliphatic imine (C=N–C) groups is 1. The second kappa shape index (κ2) is 10.3. The van der Waals surface area contributed by atoms with Gasteiger partial charge in [0.25, 0.3) is 0 Å². The molecule has 0 unspecified atom stereocenters. The van der Waals surface area contributed by atoms with Gasteiger partial charge < -0.3 is 19.6 Å². The van der Waals surface area contributed by atoms with Crippen LogP contribution in [0.3, 0.4) is 0 Å². The van der Waals surface area contributed by atoms with Crippen LogP contribution in [0.4, 0.5) is 0 Å². The molecule has 3 rings (SSSR count). The smallest absolute Gasteiger partial charge is 0.236 e. The molecular weight excluding hydrogens is 344 g/mol. The van der Waals surface area contributed by atoms with E-state index in [1.54, 1.807) is 6.26 Å². The normalized spacial score (nSPS) is 19.8. The van der Waals surface area contributed by atoms with Crippen molar-refractivity contribution >= 4 is 11.9 Å². The predicted molar refractivity (Wildman–Crippen MR) is 104 cm³/mol. The van der Waals surface area contributed by atoms with Gasteiger partial charge in [-0.3, -0.25) is 9.69 Å². The lowest BCUT2D eigenvalue weighted by Crippen LogP contribution is -2.54. The summed E-state index contributed by atoms with van der Waals surface area (Å²) in [5, 5.41) is 7.26. The molecule has 8 heteroatoms. The van der Waals surface area contributed by atoms with Crippen LogP contribution in [0.25, 0.3) is 0 Å². The third-order valence-electron chi connectivity index (χ3n) is 5.21. The van der Waals surface area contributed by atoms with Crippen molar-refractivity contribution in [2.24, 2.45) is 4.99 Å². The van der Waals surface area contributed by atoms with E-state index in [0.29, 0.717) is 13.1 Å². The quantitative estimate of drug-likeness (QED) is 0.614. The zero-order chi connectivity index (χ0) is 18.9. The second-order valence-corrected chi connectivity index (χ2v) is 7.22. The van der Waals surface area contributed by atoms with Crippen molar-refractivity contribution in [3.05, 3.63) is 18.0 Å². The molecule has 0 aliphatic carbocycles. The molecule has 0 radical (unpaired) electrons. The third-order valence-corrected chi connectivity index (χ3v) is 5.21. The molecule has 1 N–H and O–H groups in total. The van der Waals surface area contributed by atoms with Crippen molar-refractivity contribution in [3.63, 3.8) is 0 Å². The number of likely N-dealkylation sites (tertiary alicyclic amines) is 1. The standard InChI is InChI=1S/C19H32N6O2/c1-2-20-19(21-15-17-7-14-27-22-17)25-12-10-23(11-13-25)16-18(26)24-8-5-3-4-6-9-24/h7,14H,2-6,8-13,15-16H2,1H3,(H,20,21). The van der Waals surface area contributed by atoms with Crippen LogP contribution in [-0.2, 0) is 11.3 Å². The lowest BCUT2D eigenvalue weighted by Gasteiger charge is -2.37. The first-order chi connectivity index (χ1) is 13.3. The topological polar surface area (TPSA) is 77.2 Å². The number of hydrogen-bond donors (Lipinski definition) is 1. The van der Waals surface area contributed by atoms with Gasteiger partial charge in [0.2, 0.25) is 5.91 Å². The Morgan fingerprint density at radius 3 is 2.48 bits per heavy atom. The number of carbonyl (C=O) groups is 1. The SMILES string of the molecule is CCNC(=NCc1ccon1)N1CCN(CC(=O)N2CCCCCC2)CC1. The van der Waals surface area contributed by atoms with Crippen LogP contribution in [0.15, 0.2) is 21.8 Å². The summed E-state index contributed by atoms with van der Waals surface area (Å²) >= 11 is 0. The molecule has 1 aromatic rings. The highest BCUT2D eigenvalue weighted by Crippen LogP contribution is 2.11. The van der Waals surface area contributed by atoms with Gasteiger partial charge in [-0.25, -0.2) is 4.99 Å². The maximum absolute atomic E-state index is 12.6. The summed E-state index contributed by atoms with van der Waals surface area (Å²) in [7, 11) is 0. The molecule has 2 aliphatic heterocycles. The van der Waals surface area contributed by atoms with Crippen LogP contribution in [-0.4, -0.2) is 84.1 Å². The summed E-state index contributed by atoms with van der Waals surface area (Å²) in [6, 6.07) is 1.83. The van der Waals surface area contributed by atoms with E-state index in [2.05, 4.69) is 37.1 Å². The molecule has 0 atom stereocenters. The molecule has 0 bridgehead atoms. The summed E-state index contributed by atoms with van der Waals surface area (Å²) in [4.78, 5) is 23.8. The Hall–Kier alpha value is -2.09. The Morgan fingerprint density at radius 1 is 1.11 bits per heavy atom. The molecular formula is C19H32N6O2. The molecule has 8 nitrogen and oxygen atoms in total. The van der Waals surface area contributed by atoms with E-state index in [0.717, 1.165) is 70.3 Å². The number of guanidine groups is 1. The van der Waals surface area contributed by atoms with Crippen molar-refractivity contribution in [2.45, 2.75) is 39.2 Å². The Labute approximate surface area is 161 Å². The van der Waals surface area contributed by atoms with Gasteiger partial charge in [0.1, 0.15) is 12.0 Å². The molecule has 0 saturated carbocycles. The fraction of sp³-hybridized carbons (Fsp3) is 0.737. The Morgan fingerprint density at radius 2 is 1.85 bits per heavy atom. The van der Waals surface area contributed by atoms with Gasteiger partial charge in [0, 0.05) is 51.9 Å². The highest BCUT2D eigenvalue weighted by Gasteiger charge is 2.23. The fourth-order valence-corrected chi connectivity index (χ4v) is 3.63. The molecule has 0 aromatic carbocycles. The van der Waals surface area contributed by atoms with Crippen molar-refractivity contribution in [2.75, 3.05) is 52.4 Å². The first kappa shape index (κ1) is 19.7. The van der Waals surface area contributed by atoms with Gasteiger partial charge >= 0.3 is 0 Å². The average Bonchev–Trinajstić information content (AvgIpc) is 3.05. The van der Waals surface area contributed by atoms with E-state index in [4.69, 9.17) is 4.52 Å². The number of aromatic nitrogens is 1. The zero-order valence-electron chi connectivity index (χ0n) is 16.4. The summed E-state index contributed by atoms with van der Waals surface area (Å²) in [6.07, 6.45) is 6.37. The van der Waals surface area contributed by atoms with E-state index in [1.165, 1.54) is 12.8 Å². The second-order valence-electron chi connectivity index (χ2n) is 7.22. The van der Waals surface area contributed by atoms with Gasteiger partial charge in [0.15, 0.2) is 5.96 Å². The van der Waals surface area contributed by atoms with Gasteiger partial charge in [-0.15, -0.1) is 0 Å². The molecule has 0 spiro atoms. The molecule has 150 valence electrons. The number of rotatable bonds is 5. The lowest BCUT2D eigenvalue weighted by molar-refractivity contribution is -0.132. The summed E-state index contributed by atoms with van der Waals surface area (Å²) in [6.45, 7) is 9.31. The summed E-state index contributed by atoms with van der Waals surface area (Å²) in [5.41, 5.74) is 0.826. The van der Waals surface area contributed by atoms with Crippen LogP contribution < -0.4 is 5.32 Å². The van der Waals surface area contributed by atoms with Crippen LogP contribution in [0.2, 0.25) is 0 Å². The molecule has 3 heterocycles. The summed E-state index contributed by atoms with van der Waals surface area (Å²) in [5.74, 6) is 1.19. The van der Waals surface area contributed by atoms with E-state index in [1.807, 2.05) is 6.07 Å². The van der Waals surface area contributed by atoms with Crippen molar-refractivity contribution in [1.29, 1.82) is 0 Å². The van der Waals surface area contributed by atoms with Gasteiger partial charge in [-0.1, -0.05) is 18.0 Å². The van der Waals surface area contributed by atoms with E-state index < -0.39 is 0 Å². The van der Waals surface area contributed by atoms with Gasteiger partial charge in [-0.05, 0) is 19.8 Å². The molecule has 2 saturated heterocycles. The molecule has 2 fully saturated rings. The maximum Gasteiger partial charge on any atom is 0.236 e. The van der Waals surface area contributed by atoms with Gasteiger partial charge in [-0.2, -0.15) is 0 Å². The molecule has 1 aromatic heterocycles. The van der Waals surface area contributed by atoms with E-state index in [9.17, 15) is 4.79 Å². The minimum Gasteiger partial charge on any atom is -0.364 e. The lowest BCUT2D eigenvalue weighted by atomic mass is 10.2. The van der Waals surface area contributed by atoms with Crippen molar-refractivity contribution in [3.8, 4) is 0 Å².